The molecule has 1 aliphatic rings. The van der Waals surface area contributed by atoms with Gasteiger partial charge in [-0.05, 0) is 35.2 Å². The van der Waals surface area contributed by atoms with Crippen molar-refractivity contribution in [1.29, 1.82) is 0 Å². The number of anilines is 2. The molecule has 3 rings (SSSR count). The number of carbonyl (C=O) groups is 2. The molecule has 5 nitrogen and oxygen atoms in total. The smallest absolute Gasteiger partial charge is 0.246 e. The summed E-state index contributed by atoms with van der Waals surface area (Å²) in [5.41, 5.74) is 2.58. The fourth-order valence-corrected chi connectivity index (χ4v) is 3.71. The Hall–Kier alpha value is -2.53. The van der Waals surface area contributed by atoms with Crippen molar-refractivity contribution < 1.29 is 9.59 Å². The zero-order valence-electron chi connectivity index (χ0n) is 17.9. The number of carbonyl (C=O) groups excluding carboxylic acids is 2. The van der Waals surface area contributed by atoms with Gasteiger partial charge in [-0.2, -0.15) is 0 Å². The Morgan fingerprint density at radius 3 is 2.13 bits per heavy atom. The van der Waals surface area contributed by atoms with Crippen LogP contribution in [0.15, 0.2) is 54.6 Å². The predicted octanol–water partition coefficient (Wildman–Crippen LogP) is 4.69. The minimum atomic E-state index is -0.732. The van der Waals surface area contributed by atoms with Crippen LogP contribution in [0.1, 0.15) is 38.1 Å². The lowest BCUT2D eigenvalue weighted by atomic mass is 9.91. The molecule has 6 heteroatoms. The molecule has 2 amide bonds. The van der Waals surface area contributed by atoms with E-state index in [1.165, 1.54) is 0 Å². The Balaban J connectivity index is 1.53. The lowest BCUT2D eigenvalue weighted by Gasteiger charge is -2.37. The summed E-state index contributed by atoms with van der Waals surface area (Å²) in [7, 11) is 0. The highest BCUT2D eigenvalue weighted by Crippen LogP contribution is 2.25. The Kier molecular flexibility index (Phi) is 7.03. The summed E-state index contributed by atoms with van der Waals surface area (Å²) in [6.45, 7) is 9.35. The molecule has 2 aromatic carbocycles. The molecule has 0 aliphatic carbocycles. The summed E-state index contributed by atoms with van der Waals surface area (Å²) >= 11 is 6.29. The average Bonchev–Trinajstić information content (AvgIpc) is 2.73. The summed E-state index contributed by atoms with van der Waals surface area (Å²) in [5, 5.41) is 2.14. The maximum atomic E-state index is 12.4. The number of nitrogens with zero attached hydrogens (tertiary/aromatic N) is 2. The van der Waals surface area contributed by atoms with Crippen LogP contribution in [0.5, 0.6) is 0 Å². The first-order chi connectivity index (χ1) is 14.2. The van der Waals surface area contributed by atoms with Crippen molar-refractivity contribution in [3.05, 3.63) is 60.2 Å². The number of benzene rings is 2. The van der Waals surface area contributed by atoms with E-state index in [1.54, 1.807) is 0 Å². The number of amides is 2. The second kappa shape index (κ2) is 9.52. The van der Waals surface area contributed by atoms with E-state index in [2.05, 4.69) is 31.0 Å². The van der Waals surface area contributed by atoms with Gasteiger partial charge in [0.2, 0.25) is 11.8 Å². The highest BCUT2D eigenvalue weighted by Gasteiger charge is 2.25. The van der Waals surface area contributed by atoms with Gasteiger partial charge in [-0.15, -0.1) is 11.6 Å². The number of alkyl halides is 1. The normalized spacial score (nSPS) is 15.6. The minimum absolute atomic E-state index is 0.0109. The second-order valence-electron chi connectivity index (χ2n) is 8.91. The van der Waals surface area contributed by atoms with E-state index in [1.807, 2.05) is 59.5 Å². The fraction of sp³-hybridized carbons (Fsp3) is 0.417. The van der Waals surface area contributed by atoms with Crippen molar-refractivity contribution in [2.75, 3.05) is 36.4 Å². The number of rotatable bonds is 5. The highest BCUT2D eigenvalue weighted by molar-refractivity contribution is 6.32. The Morgan fingerprint density at radius 2 is 1.57 bits per heavy atom. The van der Waals surface area contributed by atoms with E-state index >= 15 is 0 Å². The maximum Gasteiger partial charge on any atom is 0.246 e. The average molecular weight is 428 g/mol. The molecule has 1 aliphatic heterocycles. The molecule has 0 bridgehead atoms. The van der Waals surface area contributed by atoms with Gasteiger partial charge >= 0.3 is 0 Å². The van der Waals surface area contributed by atoms with Gasteiger partial charge in [0.25, 0.3) is 0 Å². The summed E-state index contributed by atoms with van der Waals surface area (Å²) in [6, 6.07) is 17.1. The van der Waals surface area contributed by atoms with Gasteiger partial charge in [-0.3, -0.25) is 9.59 Å². The van der Waals surface area contributed by atoms with Crippen LogP contribution >= 0.6 is 11.6 Å². The Bertz CT molecular complexity index is 854. The molecule has 1 heterocycles. The van der Waals surface area contributed by atoms with Crippen LogP contribution in [0, 0.1) is 5.41 Å². The molecule has 1 saturated heterocycles. The first-order valence-electron chi connectivity index (χ1n) is 10.4. The van der Waals surface area contributed by atoms with Crippen molar-refractivity contribution in [1.82, 2.24) is 4.90 Å². The Labute approximate surface area is 184 Å². The number of piperazine rings is 1. The molecule has 0 unspecified atom stereocenters. The molecule has 30 heavy (non-hydrogen) atoms. The molecule has 1 N–H and O–H groups in total. The van der Waals surface area contributed by atoms with Crippen LogP contribution in [0.3, 0.4) is 0 Å². The zero-order chi connectivity index (χ0) is 21.7. The van der Waals surface area contributed by atoms with Gasteiger partial charge in [0, 0.05) is 44.0 Å². The molecule has 0 saturated carbocycles. The van der Waals surface area contributed by atoms with Gasteiger partial charge in [-0.25, -0.2) is 0 Å². The third-order valence-electron chi connectivity index (χ3n) is 5.14. The first kappa shape index (κ1) is 22.2. The molecule has 0 radical (unpaired) electrons. The van der Waals surface area contributed by atoms with Crippen LogP contribution in [-0.2, 0) is 9.59 Å². The molecule has 1 atom stereocenters. The Morgan fingerprint density at radius 1 is 0.967 bits per heavy atom. The van der Waals surface area contributed by atoms with Crippen LogP contribution in [-0.4, -0.2) is 42.9 Å². The third kappa shape index (κ3) is 5.99. The lowest BCUT2D eigenvalue weighted by molar-refractivity contribution is -0.133. The molecule has 1 fully saturated rings. The zero-order valence-corrected chi connectivity index (χ0v) is 18.7. The quantitative estimate of drug-likeness (QED) is 0.704. The number of hydrogen-bond acceptors (Lipinski definition) is 3. The number of halogens is 1. The summed E-state index contributed by atoms with van der Waals surface area (Å²) in [4.78, 5) is 29.0. The van der Waals surface area contributed by atoms with Gasteiger partial charge < -0.3 is 15.1 Å². The summed E-state index contributed by atoms with van der Waals surface area (Å²) in [5.74, 6) is -0.0177. The van der Waals surface area contributed by atoms with E-state index in [0.717, 1.165) is 37.4 Å². The molecular weight excluding hydrogens is 398 g/mol. The van der Waals surface area contributed by atoms with Crippen LogP contribution in [0.4, 0.5) is 11.4 Å². The van der Waals surface area contributed by atoms with Crippen LogP contribution < -0.4 is 10.2 Å². The van der Waals surface area contributed by atoms with Crippen LogP contribution in [0.2, 0.25) is 0 Å². The van der Waals surface area contributed by atoms with E-state index in [4.69, 9.17) is 11.6 Å². The predicted molar refractivity (Wildman–Crippen MR) is 123 cm³/mol. The third-order valence-corrected chi connectivity index (χ3v) is 5.59. The number of nitrogens with one attached hydrogen (secondary N) is 1. The van der Waals surface area contributed by atoms with Crippen LogP contribution in [0.25, 0.3) is 0 Å². The topological polar surface area (TPSA) is 52.7 Å². The fourth-order valence-electron chi connectivity index (χ4n) is 3.51. The summed E-state index contributed by atoms with van der Waals surface area (Å²) < 4.78 is 0. The molecule has 0 spiro atoms. The summed E-state index contributed by atoms with van der Waals surface area (Å²) in [6.07, 6.45) is 0.575. The molecule has 2 aromatic rings. The van der Waals surface area contributed by atoms with E-state index in [0.29, 0.717) is 12.1 Å². The van der Waals surface area contributed by atoms with E-state index < -0.39 is 5.38 Å². The largest absolute Gasteiger partial charge is 0.368 e. The number of hydrogen-bond donors (Lipinski definition) is 1. The molecular formula is C24H30ClN3O2. The second-order valence-corrected chi connectivity index (χ2v) is 9.35. The van der Waals surface area contributed by atoms with Crippen molar-refractivity contribution in [3.8, 4) is 0 Å². The minimum Gasteiger partial charge on any atom is -0.368 e. The van der Waals surface area contributed by atoms with Crippen molar-refractivity contribution in [2.24, 2.45) is 5.41 Å². The highest BCUT2D eigenvalue weighted by atomic mass is 35.5. The van der Waals surface area contributed by atoms with Crippen molar-refractivity contribution >= 4 is 34.8 Å². The van der Waals surface area contributed by atoms with Gasteiger partial charge in [0.15, 0.2) is 0 Å². The molecule has 0 aromatic heterocycles. The van der Waals surface area contributed by atoms with Gasteiger partial charge in [0.1, 0.15) is 5.38 Å². The van der Waals surface area contributed by atoms with E-state index in [-0.39, 0.29) is 17.2 Å². The SMILES string of the molecule is CC(C)(C)CC(=O)N1CCN(c2ccc(NC(=O)[C@@H](Cl)c3ccccc3)cc2)CC1. The van der Waals surface area contributed by atoms with Gasteiger partial charge in [-0.1, -0.05) is 51.1 Å². The van der Waals surface area contributed by atoms with E-state index in [9.17, 15) is 9.59 Å². The van der Waals surface area contributed by atoms with Crippen molar-refractivity contribution in [2.45, 2.75) is 32.6 Å². The maximum absolute atomic E-state index is 12.4. The van der Waals surface area contributed by atoms with Crippen molar-refractivity contribution in [3.63, 3.8) is 0 Å². The lowest BCUT2D eigenvalue weighted by Crippen LogP contribution is -2.49. The van der Waals surface area contributed by atoms with Gasteiger partial charge in [0.05, 0.1) is 0 Å². The standard InChI is InChI=1S/C24H30ClN3O2/c1-24(2,3)17-21(29)28-15-13-27(14-16-28)20-11-9-19(10-12-20)26-23(30)22(25)18-7-5-4-6-8-18/h4-12,22H,13-17H2,1-3H3,(H,26,30)/t22-/m0/s1. The molecule has 160 valence electrons. The monoisotopic (exact) mass is 427 g/mol. The first-order valence-corrected chi connectivity index (χ1v) is 10.8.